The van der Waals surface area contributed by atoms with E-state index in [0.29, 0.717) is 22.6 Å². The SMILES string of the molecule is NC1CSCc2cc(F)cc(F)c21. The zero-order valence-electron chi connectivity index (χ0n) is 6.89. The van der Waals surface area contributed by atoms with Crippen molar-refractivity contribution in [2.45, 2.75) is 11.8 Å². The smallest absolute Gasteiger partial charge is 0.131 e. The van der Waals surface area contributed by atoms with Gasteiger partial charge in [0.2, 0.25) is 0 Å². The highest BCUT2D eigenvalue weighted by atomic mass is 32.2. The van der Waals surface area contributed by atoms with Crippen molar-refractivity contribution in [1.82, 2.24) is 0 Å². The predicted molar refractivity (Wildman–Crippen MR) is 49.4 cm³/mol. The number of hydrogen-bond donors (Lipinski definition) is 1. The Bertz CT molecular complexity index is 341. The summed E-state index contributed by atoms with van der Waals surface area (Å²) in [7, 11) is 0. The standard InChI is InChI=1S/C9H9F2NS/c10-6-1-5-3-13-4-8(12)9(5)7(11)2-6/h1-2,8H,3-4,12H2. The lowest BCUT2D eigenvalue weighted by molar-refractivity contribution is 0.558. The van der Waals surface area contributed by atoms with Crippen molar-refractivity contribution in [2.24, 2.45) is 5.73 Å². The Balaban J connectivity index is 2.56. The van der Waals surface area contributed by atoms with E-state index in [1.807, 2.05) is 0 Å². The lowest BCUT2D eigenvalue weighted by Crippen LogP contribution is -2.20. The molecule has 0 aliphatic carbocycles. The molecule has 0 saturated heterocycles. The molecule has 0 spiro atoms. The number of fused-ring (bicyclic) bond motifs is 1. The zero-order valence-corrected chi connectivity index (χ0v) is 7.70. The van der Waals surface area contributed by atoms with Crippen LogP contribution in [0.25, 0.3) is 0 Å². The molecule has 2 N–H and O–H groups in total. The van der Waals surface area contributed by atoms with E-state index in [1.54, 1.807) is 11.8 Å². The van der Waals surface area contributed by atoms with Crippen molar-refractivity contribution < 1.29 is 8.78 Å². The summed E-state index contributed by atoms with van der Waals surface area (Å²) < 4.78 is 26.0. The molecule has 0 amide bonds. The molecule has 1 aliphatic rings. The Morgan fingerprint density at radius 3 is 2.92 bits per heavy atom. The summed E-state index contributed by atoms with van der Waals surface area (Å²) in [5.41, 5.74) is 6.90. The molecule has 0 aromatic heterocycles. The van der Waals surface area contributed by atoms with Crippen molar-refractivity contribution in [3.05, 3.63) is 34.9 Å². The average molecular weight is 201 g/mol. The van der Waals surface area contributed by atoms with E-state index in [2.05, 4.69) is 0 Å². The molecule has 13 heavy (non-hydrogen) atoms. The van der Waals surface area contributed by atoms with Gasteiger partial charge < -0.3 is 5.73 Å². The maximum atomic E-state index is 13.3. The molecule has 2 rings (SSSR count). The summed E-state index contributed by atoms with van der Waals surface area (Å²) in [5, 5.41) is 0. The van der Waals surface area contributed by atoms with Crippen molar-refractivity contribution in [3.8, 4) is 0 Å². The van der Waals surface area contributed by atoms with E-state index < -0.39 is 11.6 Å². The van der Waals surface area contributed by atoms with Gasteiger partial charge in [-0.25, -0.2) is 8.78 Å². The molecule has 1 nitrogen and oxygen atoms in total. The summed E-state index contributed by atoms with van der Waals surface area (Å²) in [4.78, 5) is 0. The van der Waals surface area contributed by atoms with Crippen LogP contribution in [0.4, 0.5) is 8.78 Å². The maximum Gasteiger partial charge on any atom is 0.131 e. The lowest BCUT2D eigenvalue weighted by Gasteiger charge is -2.22. The maximum absolute atomic E-state index is 13.3. The van der Waals surface area contributed by atoms with Crippen molar-refractivity contribution in [2.75, 3.05) is 5.75 Å². The molecule has 0 bridgehead atoms. The first-order chi connectivity index (χ1) is 6.18. The summed E-state index contributed by atoms with van der Waals surface area (Å²) >= 11 is 1.60. The molecule has 0 saturated carbocycles. The summed E-state index contributed by atoms with van der Waals surface area (Å²) in [5.74, 6) is 0.321. The third kappa shape index (κ3) is 1.56. The van der Waals surface area contributed by atoms with E-state index >= 15 is 0 Å². The van der Waals surface area contributed by atoms with E-state index in [1.165, 1.54) is 6.07 Å². The molecule has 1 atom stereocenters. The fraction of sp³-hybridized carbons (Fsp3) is 0.333. The minimum absolute atomic E-state index is 0.297. The second-order valence-corrected chi connectivity index (χ2v) is 4.11. The quantitative estimate of drug-likeness (QED) is 0.696. The minimum Gasteiger partial charge on any atom is -0.323 e. The number of rotatable bonds is 0. The first-order valence-electron chi connectivity index (χ1n) is 3.99. The summed E-state index contributed by atoms with van der Waals surface area (Å²) in [6.45, 7) is 0. The van der Waals surface area contributed by atoms with E-state index in [0.717, 1.165) is 6.07 Å². The van der Waals surface area contributed by atoms with Gasteiger partial charge in [-0.3, -0.25) is 0 Å². The fourth-order valence-corrected chi connectivity index (χ4v) is 2.55. The van der Waals surface area contributed by atoms with Crippen LogP contribution in [0.3, 0.4) is 0 Å². The molecule has 0 fully saturated rings. The molecule has 70 valence electrons. The zero-order chi connectivity index (χ0) is 9.42. The van der Waals surface area contributed by atoms with Crippen LogP contribution in [0.5, 0.6) is 0 Å². The largest absolute Gasteiger partial charge is 0.323 e. The monoisotopic (exact) mass is 201 g/mol. The van der Waals surface area contributed by atoms with Crippen LogP contribution in [-0.4, -0.2) is 5.75 Å². The fourth-order valence-electron chi connectivity index (χ4n) is 1.55. The molecule has 1 aliphatic heterocycles. The van der Waals surface area contributed by atoms with Gasteiger partial charge in [0.1, 0.15) is 11.6 Å². The Hall–Kier alpha value is -0.610. The van der Waals surface area contributed by atoms with Crippen LogP contribution in [-0.2, 0) is 5.75 Å². The Morgan fingerprint density at radius 2 is 2.15 bits per heavy atom. The van der Waals surface area contributed by atoms with E-state index in [4.69, 9.17) is 5.73 Å². The molecule has 1 aromatic carbocycles. The van der Waals surface area contributed by atoms with Crippen LogP contribution in [0.2, 0.25) is 0 Å². The number of halogens is 2. The van der Waals surface area contributed by atoms with Gasteiger partial charge in [0.15, 0.2) is 0 Å². The molecular formula is C9H9F2NS. The predicted octanol–water partition coefficient (Wildman–Crippen LogP) is 2.21. The van der Waals surface area contributed by atoms with Gasteiger partial charge in [-0.1, -0.05) is 0 Å². The molecule has 1 heterocycles. The first kappa shape index (κ1) is 8.97. The highest BCUT2D eigenvalue weighted by Gasteiger charge is 2.21. The Morgan fingerprint density at radius 1 is 1.38 bits per heavy atom. The van der Waals surface area contributed by atoms with Gasteiger partial charge in [-0.2, -0.15) is 11.8 Å². The topological polar surface area (TPSA) is 26.0 Å². The summed E-state index contributed by atoms with van der Waals surface area (Å²) in [6, 6.07) is 1.97. The van der Waals surface area contributed by atoms with Crippen LogP contribution in [0.1, 0.15) is 17.2 Å². The number of thioether (sulfide) groups is 1. The summed E-state index contributed by atoms with van der Waals surface area (Å²) in [6.07, 6.45) is 0. The molecular weight excluding hydrogens is 192 g/mol. The first-order valence-corrected chi connectivity index (χ1v) is 5.15. The van der Waals surface area contributed by atoms with E-state index in [9.17, 15) is 8.78 Å². The van der Waals surface area contributed by atoms with Crippen molar-refractivity contribution in [3.63, 3.8) is 0 Å². The molecule has 1 aromatic rings. The lowest BCUT2D eigenvalue weighted by atomic mass is 10.0. The van der Waals surface area contributed by atoms with Crippen LogP contribution < -0.4 is 5.73 Å². The van der Waals surface area contributed by atoms with Gasteiger partial charge in [-0.05, 0) is 11.6 Å². The van der Waals surface area contributed by atoms with Gasteiger partial charge in [0.25, 0.3) is 0 Å². The third-order valence-corrected chi connectivity index (χ3v) is 3.22. The average Bonchev–Trinajstić information content (AvgIpc) is 2.02. The van der Waals surface area contributed by atoms with Gasteiger partial charge in [0.05, 0.1) is 0 Å². The second-order valence-electron chi connectivity index (χ2n) is 3.08. The van der Waals surface area contributed by atoms with Crippen LogP contribution >= 0.6 is 11.8 Å². The molecule has 1 unspecified atom stereocenters. The highest BCUT2D eigenvalue weighted by Crippen LogP contribution is 2.32. The highest BCUT2D eigenvalue weighted by molar-refractivity contribution is 7.98. The Labute approximate surface area is 79.3 Å². The van der Waals surface area contributed by atoms with Gasteiger partial charge >= 0.3 is 0 Å². The number of benzene rings is 1. The minimum atomic E-state index is -0.522. The normalized spacial score (nSPS) is 21.3. The number of nitrogens with two attached hydrogens (primary N) is 1. The van der Waals surface area contributed by atoms with E-state index in [-0.39, 0.29) is 6.04 Å². The number of hydrogen-bond acceptors (Lipinski definition) is 2. The van der Waals surface area contributed by atoms with Gasteiger partial charge in [-0.15, -0.1) is 0 Å². The Kier molecular flexibility index (Phi) is 2.26. The molecule has 4 heteroatoms. The van der Waals surface area contributed by atoms with Crippen molar-refractivity contribution in [1.29, 1.82) is 0 Å². The van der Waals surface area contributed by atoms with Gasteiger partial charge in [0, 0.05) is 29.2 Å². The second kappa shape index (κ2) is 3.27. The van der Waals surface area contributed by atoms with Crippen LogP contribution in [0, 0.1) is 11.6 Å². The van der Waals surface area contributed by atoms with Crippen LogP contribution in [0.15, 0.2) is 12.1 Å². The third-order valence-electron chi connectivity index (χ3n) is 2.11. The van der Waals surface area contributed by atoms with Crippen molar-refractivity contribution >= 4 is 11.8 Å². The molecule has 0 radical (unpaired) electrons.